The van der Waals surface area contributed by atoms with E-state index in [9.17, 15) is 9.59 Å². The highest BCUT2D eigenvalue weighted by Gasteiger charge is 2.20. The molecule has 1 aromatic carbocycles. The van der Waals surface area contributed by atoms with Gasteiger partial charge in [-0.15, -0.1) is 11.6 Å². The Morgan fingerprint density at radius 2 is 2.17 bits per heavy atom. The van der Waals surface area contributed by atoms with E-state index in [1.165, 1.54) is 0 Å². The summed E-state index contributed by atoms with van der Waals surface area (Å²) >= 11 is 5.58. The lowest BCUT2D eigenvalue weighted by molar-refractivity contribution is -0.116. The predicted octanol–water partition coefficient (Wildman–Crippen LogP) is 2.80. The Hall–Kier alpha value is -1.35. The maximum Gasteiger partial charge on any atom is 0.223 e. The van der Waals surface area contributed by atoms with Crippen LogP contribution in [0.1, 0.15) is 35.7 Å². The average Bonchev–Trinajstić information content (AvgIpc) is 2.37. The number of alkyl halides is 1. The maximum absolute atomic E-state index is 11.8. The molecule has 0 spiro atoms. The fourth-order valence-corrected chi connectivity index (χ4v) is 2.50. The van der Waals surface area contributed by atoms with Crippen molar-refractivity contribution < 1.29 is 9.59 Å². The van der Waals surface area contributed by atoms with Gasteiger partial charge in [-0.2, -0.15) is 0 Å². The number of rotatable bonds is 3. The third-order valence-electron chi connectivity index (χ3n) is 3.22. The van der Waals surface area contributed by atoms with Gasteiger partial charge >= 0.3 is 0 Å². The van der Waals surface area contributed by atoms with Gasteiger partial charge in [0.1, 0.15) is 0 Å². The first-order valence-electron chi connectivity index (χ1n) is 6.13. The van der Waals surface area contributed by atoms with Crippen molar-refractivity contribution in [2.24, 2.45) is 0 Å². The molecule has 0 saturated heterocycles. The van der Waals surface area contributed by atoms with Gasteiger partial charge < -0.3 is 4.90 Å². The van der Waals surface area contributed by atoms with Crippen LogP contribution < -0.4 is 4.90 Å². The van der Waals surface area contributed by atoms with E-state index in [0.717, 1.165) is 30.6 Å². The van der Waals surface area contributed by atoms with Crippen molar-refractivity contribution in [3.8, 4) is 0 Å². The fraction of sp³-hybridized carbons (Fsp3) is 0.429. The Balaban J connectivity index is 2.32. The van der Waals surface area contributed by atoms with Crippen LogP contribution in [0.25, 0.3) is 0 Å². The first kappa shape index (κ1) is 13.1. The van der Waals surface area contributed by atoms with Gasteiger partial charge in [-0.25, -0.2) is 0 Å². The quantitative estimate of drug-likeness (QED) is 0.623. The molecule has 1 aromatic rings. The zero-order valence-electron chi connectivity index (χ0n) is 10.4. The van der Waals surface area contributed by atoms with Crippen molar-refractivity contribution in [1.82, 2.24) is 0 Å². The molecular weight excluding hydrogens is 250 g/mol. The van der Waals surface area contributed by atoms with Gasteiger partial charge in [0.15, 0.2) is 5.78 Å². The summed E-state index contributed by atoms with van der Waals surface area (Å²) in [6.07, 6.45) is 2.22. The van der Waals surface area contributed by atoms with E-state index in [0.29, 0.717) is 17.9 Å². The molecule has 0 N–H and O–H groups in total. The first-order valence-corrected chi connectivity index (χ1v) is 6.67. The highest BCUT2D eigenvalue weighted by Crippen LogP contribution is 2.28. The molecule has 1 amide bonds. The van der Waals surface area contributed by atoms with E-state index in [1.807, 2.05) is 12.1 Å². The van der Waals surface area contributed by atoms with Crippen molar-refractivity contribution in [3.05, 3.63) is 29.3 Å². The summed E-state index contributed by atoms with van der Waals surface area (Å²) in [5.41, 5.74) is 2.72. The number of hydrogen-bond donors (Lipinski definition) is 0. The summed E-state index contributed by atoms with van der Waals surface area (Å²) in [5, 5.41) is 0. The van der Waals surface area contributed by atoms with E-state index >= 15 is 0 Å². The lowest BCUT2D eigenvalue weighted by Gasteiger charge is -2.28. The summed E-state index contributed by atoms with van der Waals surface area (Å²) in [6, 6.07) is 5.56. The van der Waals surface area contributed by atoms with Crippen molar-refractivity contribution in [1.29, 1.82) is 0 Å². The summed E-state index contributed by atoms with van der Waals surface area (Å²) in [5.74, 6) is 0.457. The second-order valence-corrected chi connectivity index (χ2v) is 4.86. The molecule has 4 heteroatoms. The van der Waals surface area contributed by atoms with Crippen LogP contribution in [0.3, 0.4) is 0 Å². The van der Waals surface area contributed by atoms with Crippen LogP contribution in [0.4, 0.5) is 5.69 Å². The van der Waals surface area contributed by atoms with Crippen molar-refractivity contribution in [3.63, 3.8) is 0 Å². The molecular formula is C14H16ClNO2. The topological polar surface area (TPSA) is 37.4 Å². The number of ketones is 1. The van der Waals surface area contributed by atoms with Crippen LogP contribution in [0.15, 0.2) is 18.2 Å². The number of hydrogen-bond acceptors (Lipinski definition) is 2. The lowest BCUT2D eigenvalue weighted by Crippen LogP contribution is -2.33. The number of carbonyl (C=O) groups is 2. The fourth-order valence-electron chi connectivity index (χ4n) is 2.33. The number of fused-ring (bicyclic) bond motifs is 1. The number of benzene rings is 1. The zero-order valence-corrected chi connectivity index (χ0v) is 11.2. The Kier molecular flexibility index (Phi) is 4.02. The molecule has 0 radical (unpaired) electrons. The van der Waals surface area contributed by atoms with E-state index in [4.69, 9.17) is 11.6 Å². The Labute approximate surface area is 112 Å². The van der Waals surface area contributed by atoms with Gasteiger partial charge in [-0.05, 0) is 36.6 Å². The molecule has 18 heavy (non-hydrogen) atoms. The normalized spacial score (nSPS) is 14.2. The van der Waals surface area contributed by atoms with Gasteiger partial charge in [-0.3, -0.25) is 9.59 Å². The van der Waals surface area contributed by atoms with Crippen molar-refractivity contribution >= 4 is 29.0 Å². The number of Topliss-reactive ketones (excluding diaryl/α,β-unsaturated/α-hetero) is 1. The monoisotopic (exact) mass is 265 g/mol. The molecule has 0 aromatic heterocycles. The molecule has 0 atom stereocenters. The Bertz CT molecular complexity index is 485. The molecule has 0 fully saturated rings. The van der Waals surface area contributed by atoms with Crippen LogP contribution in [0, 0.1) is 0 Å². The van der Waals surface area contributed by atoms with E-state index in [-0.39, 0.29) is 11.7 Å². The van der Waals surface area contributed by atoms with Gasteiger partial charge in [0, 0.05) is 37.0 Å². The molecule has 0 saturated carbocycles. The molecule has 2 rings (SSSR count). The van der Waals surface area contributed by atoms with Crippen LogP contribution in [-0.2, 0) is 11.2 Å². The third-order valence-corrected chi connectivity index (χ3v) is 3.41. The molecule has 3 nitrogen and oxygen atoms in total. The summed E-state index contributed by atoms with van der Waals surface area (Å²) in [6.45, 7) is 2.33. The molecule has 0 bridgehead atoms. The number of carbonyl (C=O) groups excluding carboxylic acids is 2. The maximum atomic E-state index is 11.8. The van der Waals surface area contributed by atoms with Gasteiger partial charge in [0.05, 0.1) is 0 Å². The minimum atomic E-state index is 0.0517. The van der Waals surface area contributed by atoms with Gasteiger partial charge in [-0.1, -0.05) is 0 Å². The van der Waals surface area contributed by atoms with Crippen LogP contribution in [0.5, 0.6) is 0 Å². The van der Waals surface area contributed by atoms with Crippen LogP contribution >= 0.6 is 11.6 Å². The number of nitrogens with zero attached hydrogens (tertiary/aromatic N) is 1. The number of anilines is 1. The third kappa shape index (κ3) is 2.56. The zero-order chi connectivity index (χ0) is 13.1. The molecule has 1 aliphatic rings. The number of amides is 1. The molecule has 0 aliphatic carbocycles. The number of aryl methyl sites for hydroxylation is 1. The Morgan fingerprint density at radius 3 is 2.83 bits per heavy atom. The minimum absolute atomic E-state index is 0.0517. The van der Waals surface area contributed by atoms with Gasteiger partial charge in [0.2, 0.25) is 5.91 Å². The highest BCUT2D eigenvalue weighted by molar-refractivity contribution is 6.19. The van der Waals surface area contributed by atoms with Crippen LogP contribution in [0.2, 0.25) is 0 Å². The summed E-state index contributed by atoms with van der Waals surface area (Å²) < 4.78 is 0. The predicted molar refractivity (Wildman–Crippen MR) is 72.5 cm³/mol. The van der Waals surface area contributed by atoms with Crippen molar-refractivity contribution in [2.45, 2.75) is 26.2 Å². The van der Waals surface area contributed by atoms with Crippen LogP contribution in [-0.4, -0.2) is 24.1 Å². The molecule has 0 unspecified atom stereocenters. The second kappa shape index (κ2) is 5.53. The molecule has 1 heterocycles. The smallest absolute Gasteiger partial charge is 0.223 e. The molecule has 1 aliphatic heterocycles. The first-order chi connectivity index (χ1) is 8.63. The number of halogens is 1. The lowest BCUT2D eigenvalue weighted by atomic mass is 9.97. The largest absolute Gasteiger partial charge is 0.312 e. The van der Waals surface area contributed by atoms with E-state index < -0.39 is 0 Å². The van der Waals surface area contributed by atoms with E-state index in [1.54, 1.807) is 17.9 Å². The van der Waals surface area contributed by atoms with Crippen molar-refractivity contribution in [2.75, 3.05) is 17.3 Å². The molecule has 96 valence electrons. The summed E-state index contributed by atoms with van der Waals surface area (Å²) in [4.78, 5) is 25.1. The minimum Gasteiger partial charge on any atom is -0.312 e. The average molecular weight is 266 g/mol. The Morgan fingerprint density at radius 1 is 1.39 bits per heavy atom. The van der Waals surface area contributed by atoms with Gasteiger partial charge in [0.25, 0.3) is 0 Å². The highest BCUT2D eigenvalue weighted by atomic mass is 35.5. The second-order valence-electron chi connectivity index (χ2n) is 4.48. The summed E-state index contributed by atoms with van der Waals surface area (Å²) in [7, 11) is 0. The SMILES string of the molecule is CC(=O)N1CCCc2cc(C(=O)CCCl)ccc21. The standard InChI is InChI=1S/C14H16ClNO2/c1-10(17)16-8-2-3-11-9-12(4-5-13(11)16)14(18)6-7-15/h4-5,9H,2-3,6-8H2,1H3. The van der Waals surface area contributed by atoms with E-state index in [2.05, 4.69) is 0 Å².